The Morgan fingerprint density at radius 1 is 1.33 bits per heavy atom. The summed E-state index contributed by atoms with van der Waals surface area (Å²) in [6.07, 6.45) is 1.48. The maximum absolute atomic E-state index is 11.6. The topological polar surface area (TPSA) is 68.2 Å². The number of rotatable bonds is 1. The molecule has 1 aliphatic carbocycles. The number of carbonyl (C=O) groups is 1. The number of hydrogen-bond acceptors (Lipinski definition) is 6. The first kappa shape index (κ1) is 14.3. The Labute approximate surface area is 139 Å². The molecule has 3 heterocycles. The molecule has 0 saturated carbocycles. The van der Waals surface area contributed by atoms with Crippen molar-refractivity contribution in [3.05, 3.63) is 34.9 Å². The molecular formula is C18H19NO5. The highest BCUT2D eigenvalue weighted by atomic mass is 16.7. The summed E-state index contributed by atoms with van der Waals surface area (Å²) in [5.41, 5.74) is 3.51. The molecule has 3 aliphatic heterocycles. The van der Waals surface area contributed by atoms with Crippen molar-refractivity contribution in [3.8, 4) is 11.5 Å². The quantitative estimate of drug-likeness (QED) is 0.619. The van der Waals surface area contributed by atoms with Gasteiger partial charge in [0.05, 0.1) is 0 Å². The van der Waals surface area contributed by atoms with Crippen molar-refractivity contribution >= 4 is 5.97 Å². The van der Waals surface area contributed by atoms with Crippen molar-refractivity contribution in [1.29, 1.82) is 0 Å². The molecule has 0 amide bonds. The second-order valence-electron chi connectivity index (χ2n) is 6.90. The van der Waals surface area contributed by atoms with E-state index in [1.54, 1.807) is 0 Å². The van der Waals surface area contributed by atoms with Gasteiger partial charge in [0.25, 0.3) is 0 Å². The number of fused-ring (bicyclic) bond motifs is 3. The van der Waals surface area contributed by atoms with Crippen LogP contribution in [0.15, 0.2) is 23.8 Å². The Morgan fingerprint density at radius 3 is 2.92 bits per heavy atom. The molecule has 4 aliphatic rings. The third-order valence-electron chi connectivity index (χ3n) is 5.55. The van der Waals surface area contributed by atoms with Crippen LogP contribution in [-0.4, -0.2) is 47.6 Å². The zero-order valence-electron chi connectivity index (χ0n) is 13.4. The van der Waals surface area contributed by atoms with E-state index < -0.39 is 12.2 Å². The van der Waals surface area contributed by atoms with Gasteiger partial charge >= 0.3 is 5.97 Å². The van der Waals surface area contributed by atoms with Crippen molar-refractivity contribution < 1.29 is 24.1 Å². The molecule has 1 aromatic carbocycles. The third-order valence-corrected chi connectivity index (χ3v) is 5.55. The van der Waals surface area contributed by atoms with Gasteiger partial charge < -0.3 is 19.3 Å². The minimum absolute atomic E-state index is 0.0790. The van der Waals surface area contributed by atoms with Gasteiger partial charge in [0.1, 0.15) is 12.2 Å². The molecule has 1 saturated heterocycles. The largest absolute Gasteiger partial charge is 0.459 e. The van der Waals surface area contributed by atoms with E-state index in [0.717, 1.165) is 42.1 Å². The highest BCUT2D eigenvalue weighted by Gasteiger charge is 2.50. The Hall–Kier alpha value is -2.05. The lowest BCUT2D eigenvalue weighted by Crippen LogP contribution is -2.51. The van der Waals surface area contributed by atoms with E-state index in [0.29, 0.717) is 0 Å². The maximum Gasteiger partial charge on any atom is 0.303 e. The van der Waals surface area contributed by atoms with Crippen LogP contribution >= 0.6 is 0 Å². The Bertz CT molecular complexity index is 758. The smallest absolute Gasteiger partial charge is 0.303 e. The normalized spacial score (nSPS) is 32.8. The zero-order chi connectivity index (χ0) is 16.4. The van der Waals surface area contributed by atoms with E-state index in [2.05, 4.69) is 4.90 Å². The number of ether oxygens (including phenoxy) is 3. The van der Waals surface area contributed by atoms with Gasteiger partial charge in [-0.05, 0) is 29.7 Å². The summed E-state index contributed by atoms with van der Waals surface area (Å²) >= 11 is 0. The van der Waals surface area contributed by atoms with Crippen LogP contribution in [0.2, 0.25) is 0 Å². The molecule has 0 aromatic heterocycles. The number of aliphatic hydroxyl groups excluding tert-OH is 1. The maximum atomic E-state index is 11.6. The van der Waals surface area contributed by atoms with E-state index in [4.69, 9.17) is 14.2 Å². The molecule has 5 rings (SSSR count). The van der Waals surface area contributed by atoms with Crippen LogP contribution < -0.4 is 9.47 Å². The van der Waals surface area contributed by atoms with Gasteiger partial charge in [0.2, 0.25) is 6.79 Å². The second-order valence-corrected chi connectivity index (χ2v) is 6.90. The van der Waals surface area contributed by atoms with Crippen LogP contribution in [0.5, 0.6) is 11.5 Å². The van der Waals surface area contributed by atoms with E-state index >= 15 is 0 Å². The molecule has 24 heavy (non-hydrogen) atoms. The van der Waals surface area contributed by atoms with Crippen LogP contribution in [-0.2, 0) is 16.1 Å². The minimum Gasteiger partial charge on any atom is -0.459 e. The summed E-state index contributed by atoms with van der Waals surface area (Å²) in [5.74, 6) is 1.05. The van der Waals surface area contributed by atoms with Gasteiger partial charge in [0, 0.05) is 32.0 Å². The molecule has 0 radical (unpaired) electrons. The molecular weight excluding hydrogens is 310 g/mol. The van der Waals surface area contributed by atoms with Gasteiger partial charge in [-0.3, -0.25) is 9.69 Å². The lowest BCUT2D eigenvalue weighted by atomic mass is 9.73. The summed E-state index contributed by atoms with van der Waals surface area (Å²) in [7, 11) is 0. The zero-order valence-corrected chi connectivity index (χ0v) is 13.4. The van der Waals surface area contributed by atoms with E-state index in [9.17, 15) is 9.90 Å². The summed E-state index contributed by atoms with van der Waals surface area (Å²) in [5, 5.41) is 10.6. The number of carbonyl (C=O) groups excluding carboxylic acids is 1. The van der Waals surface area contributed by atoms with Crippen molar-refractivity contribution in [2.75, 3.05) is 13.3 Å². The first-order valence-corrected chi connectivity index (χ1v) is 8.34. The number of benzene rings is 1. The number of nitrogens with zero attached hydrogens (tertiary/aromatic N) is 1. The van der Waals surface area contributed by atoms with Crippen molar-refractivity contribution in [3.63, 3.8) is 0 Å². The number of aliphatic hydroxyl groups is 1. The van der Waals surface area contributed by atoms with Crippen molar-refractivity contribution in [2.45, 2.75) is 44.1 Å². The number of esters is 1. The predicted molar refractivity (Wildman–Crippen MR) is 83.8 cm³/mol. The lowest BCUT2D eigenvalue weighted by Gasteiger charge is -2.45. The second kappa shape index (κ2) is 4.97. The molecule has 0 bridgehead atoms. The molecule has 6 heteroatoms. The van der Waals surface area contributed by atoms with Crippen LogP contribution in [0, 0.1) is 0 Å². The fraction of sp³-hybridized carbons (Fsp3) is 0.500. The predicted octanol–water partition coefficient (Wildman–Crippen LogP) is 1.32. The fourth-order valence-electron chi connectivity index (χ4n) is 4.67. The molecule has 4 atom stereocenters. The highest BCUT2D eigenvalue weighted by molar-refractivity contribution is 5.66. The lowest BCUT2D eigenvalue weighted by molar-refractivity contribution is -0.154. The van der Waals surface area contributed by atoms with Crippen LogP contribution in [0.1, 0.15) is 30.4 Å². The molecule has 1 aromatic rings. The van der Waals surface area contributed by atoms with Gasteiger partial charge in [0.15, 0.2) is 11.5 Å². The summed E-state index contributed by atoms with van der Waals surface area (Å²) < 4.78 is 16.6. The SMILES string of the molecule is CC(=O)O[C@H]1C2c3cc4c(cc3CN3CCC(=C[C@@H]1O)C23)OCO4. The average Bonchev–Trinajstić information content (AvgIpc) is 3.15. The highest BCUT2D eigenvalue weighted by Crippen LogP contribution is 2.50. The Kier molecular flexibility index (Phi) is 2.96. The van der Waals surface area contributed by atoms with Gasteiger partial charge in [-0.1, -0.05) is 11.6 Å². The van der Waals surface area contributed by atoms with Gasteiger partial charge in [-0.25, -0.2) is 0 Å². The molecule has 0 spiro atoms. The van der Waals surface area contributed by atoms with Crippen molar-refractivity contribution in [1.82, 2.24) is 4.90 Å². The first-order valence-electron chi connectivity index (χ1n) is 8.34. The molecule has 126 valence electrons. The van der Waals surface area contributed by atoms with Crippen molar-refractivity contribution in [2.24, 2.45) is 0 Å². The summed E-state index contributed by atoms with van der Waals surface area (Å²) in [6.45, 7) is 3.42. The molecule has 1 N–H and O–H groups in total. The third kappa shape index (κ3) is 1.93. The van der Waals surface area contributed by atoms with Gasteiger partial charge in [-0.15, -0.1) is 0 Å². The average molecular weight is 329 g/mol. The van der Waals surface area contributed by atoms with Crippen LogP contribution in [0.25, 0.3) is 0 Å². The summed E-state index contributed by atoms with van der Waals surface area (Å²) in [6, 6.07) is 4.22. The van der Waals surface area contributed by atoms with Crippen LogP contribution in [0.3, 0.4) is 0 Å². The summed E-state index contributed by atoms with van der Waals surface area (Å²) in [4.78, 5) is 14.0. The molecule has 6 nitrogen and oxygen atoms in total. The van der Waals surface area contributed by atoms with E-state index in [1.165, 1.54) is 12.5 Å². The standard InChI is InChI=1S/C18H19NO5/c1-9(20)24-18-13(21)4-10-2-3-19-7-11-5-14-15(23-8-22-14)6-12(11)16(18)17(10)19/h4-6,13,16-18,21H,2-3,7-8H2,1H3/t13-,16?,17?,18+/m0/s1. The van der Waals surface area contributed by atoms with E-state index in [-0.39, 0.29) is 24.7 Å². The Morgan fingerprint density at radius 2 is 2.12 bits per heavy atom. The molecule has 1 fully saturated rings. The number of hydrogen-bond donors (Lipinski definition) is 1. The van der Waals surface area contributed by atoms with Gasteiger partial charge in [-0.2, -0.15) is 0 Å². The Balaban J connectivity index is 1.66. The first-order chi connectivity index (χ1) is 11.6. The minimum atomic E-state index is -0.776. The molecule has 2 unspecified atom stereocenters. The monoisotopic (exact) mass is 329 g/mol. The van der Waals surface area contributed by atoms with Crippen LogP contribution in [0.4, 0.5) is 0 Å². The van der Waals surface area contributed by atoms with E-state index in [1.807, 2.05) is 18.2 Å². The fourth-order valence-corrected chi connectivity index (χ4v) is 4.67.